The van der Waals surface area contributed by atoms with Gasteiger partial charge in [-0.15, -0.1) is 0 Å². The molecule has 186 valence electrons. The van der Waals surface area contributed by atoms with E-state index in [-0.39, 0.29) is 18.6 Å². The third-order valence-electron chi connectivity index (χ3n) is 5.36. The van der Waals surface area contributed by atoms with Gasteiger partial charge in [-0.1, -0.05) is 54.6 Å². The molecule has 0 saturated heterocycles. The van der Waals surface area contributed by atoms with Crippen molar-refractivity contribution in [1.82, 2.24) is 15.1 Å². The van der Waals surface area contributed by atoms with E-state index in [0.717, 1.165) is 41.6 Å². The number of hydrogen-bond donors (Lipinski definition) is 1. The lowest BCUT2D eigenvalue weighted by Gasteiger charge is -2.19. The Balaban J connectivity index is 1.43. The zero-order valence-electron chi connectivity index (χ0n) is 21.0. The summed E-state index contributed by atoms with van der Waals surface area (Å²) in [5, 5.41) is 7.31. The lowest BCUT2D eigenvalue weighted by atomic mass is 10.0. The first-order valence-corrected chi connectivity index (χ1v) is 12.0. The summed E-state index contributed by atoms with van der Waals surface area (Å²) in [6, 6.07) is 17.4. The third-order valence-corrected chi connectivity index (χ3v) is 5.36. The number of amides is 1. The zero-order valence-corrected chi connectivity index (χ0v) is 21.0. The smallest absolute Gasteiger partial charge is 0.407 e. The molecule has 0 saturated carbocycles. The van der Waals surface area contributed by atoms with Crippen LogP contribution >= 0.6 is 0 Å². The van der Waals surface area contributed by atoms with Crippen molar-refractivity contribution in [2.24, 2.45) is 0 Å². The van der Waals surface area contributed by atoms with E-state index >= 15 is 0 Å². The van der Waals surface area contributed by atoms with Gasteiger partial charge in [0.25, 0.3) is 0 Å². The highest BCUT2D eigenvalue weighted by molar-refractivity contribution is 5.69. The first-order valence-electron chi connectivity index (χ1n) is 12.0. The van der Waals surface area contributed by atoms with Crippen LogP contribution in [-0.4, -0.2) is 27.4 Å². The molecule has 3 aromatic rings. The van der Waals surface area contributed by atoms with E-state index < -0.39 is 11.7 Å². The van der Waals surface area contributed by atoms with Gasteiger partial charge in [0, 0.05) is 24.7 Å². The molecule has 0 bridgehead atoms. The van der Waals surface area contributed by atoms with E-state index in [2.05, 4.69) is 10.4 Å². The van der Waals surface area contributed by atoms with Gasteiger partial charge in [0.05, 0.1) is 12.2 Å². The first kappa shape index (κ1) is 26.0. The number of ether oxygens (including phenoxy) is 2. The number of carbonyl (C=O) groups excluding carboxylic acids is 2. The monoisotopic (exact) mass is 477 g/mol. The summed E-state index contributed by atoms with van der Waals surface area (Å²) in [5.41, 5.74) is 3.56. The van der Waals surface area contributed by atoms with Crippen LogP contribution in [-0.2, 0) is 27.4 Å². The number of rotatable bonds is 10. The van der Waals surface area contributed by atoms with Crippen molar-refractivity contribution in [1.29, 1.82) is 0 Å². The lowest BCUT2D eigenvalue weighted by Crippen LogP contribution is -2.27. The summed E-state index contributed by atoms with van der Waals surface area (Å²) in [6.07, 6.45) is 5.42. The van der Waals surface area contributed by atoms with E-state index in [1.165, 1.54) is 0 Å². The molecule has 0 aliphatic heterocycles. The third kappa shape index (κ3) is 8.92. The van der Waals surface area contributed by atoms with E-state index in [1.807, 2.05) is 99.4 Å². The molecule has 1 N–H and O–H groups in total. The fourth-order valence-corrected chi connectivity index (χ4v) is 3.56. The van der Waals surface area contributed by atoms with Crippen molar-refractivity contribution in [3.8, 4) is 11.1 Å². The largest absolute Gasteiger partial charge is 0.460 e. The predicted octanol–water partition coefficient (Wildman–Crippen LogP) is 6.05. The predicted molar refractivity (Wildman–Crippen MR) is 136 cm³/mol. The Bertz CT molecular complexity index is 1090. The van der Waals surface area contributed by atoms with Crippen molar-refractivity contribution >= 4 is 12.1 Å². The van der Waals surface area contributed by atoms with Crippen molar-refractivity contribution in [2.75, 3.05) is 0 Å². The van der Waals surface area contributed by atoms with Gasteiger partial charge < -0.3 is 14.8 Å². The fraction of sp³-hybridized carbons (Fsp3) is 0.393. The second kappa shape index (κ2) is 12.2. The Morgan fingerprint density at radius 3 is 2.40 bits per heavy atom. The van der Waals surface area contributed by atoms with Gasteiger partial charge >= 0.3 is 12.1 Å². The Kier molecular flexibility index (Phi) is 9.06. The van der Waals surface area contributed by atoms with Crippen molar-refractivity contribution in [3.63, 3.8) is 0 Å². The van der Waals surface area contributed by atoms with E-state index in [4.69, 9.17) is 9.47 Å². The maximum Gasteiger partial charge on any atom is 0.407 e. The average Bonchev–Trinajstić information content (AvgIpc) is 3.29. The maximum absolute atomic E-state index is 12.1. The van der Waals surface area contributed by atoms with Gasteiger partial charge in [-0.05, 0) is 57.2 Å². The number of aryl methyl sites for hydroxylation is 1. The van der Waals surface area contributed by atoms with Crippen LogP contribution in [0.1, 0.15) is 64.1 Å². The number of alkyl carbamates (subject to hydrolysis) is 1. The molecular formula is C28H35N3O4. The number of aromatic nitrogens is 2. The van der Waals surface area contributed by atoms with Gasteiger partial charge in [-0.3, -0.25) is 9.48 Å². The number of esters is 1. The summed E-state index contributed by atoms with van der Waals surface area (Å²) in [4.78, 5) is 23.9. The molecule has 35 heavy (non-hydrogen) atoms. The highest BCUT2D eigenvalue weighted by Gasteiger charge is 2.15. The quantitative estimate of drug-likeness (QED) is 0.284. The summed E-state index contributed by atoms with van der Waals surface area (Å²) in [5.74, 6) is -0.160. The van der Waals surface area contributed by atoms with Crippen molar-refractivity contribution in [3.05, 3.63) is 78.1 Å². The van der Waals surface area contributed by atoms with Crippen molar-refractivity contribution in [2.45, 2.75) is 71.8 Å². The molecule has 0 spiro atoms. The highest BCUT2D eigenvalue weighted by atomic mass is 16.6. The summed E-state index contributed by atoms with van der Waals surface area (Å²) in [7, 11) is 0. The standard InChI is InChI=1S/C28H35N3O4/c1-21(30-27(33)34-20-22-10-6-5-7-11-22)23-13-15-24(16-14-23)25-18-29-31(19-25)17-9-8-12-26(32)35-28(2,3)4/h5-7,10-11,13-16,18-19,21H,8-9,12,17,20H2,1-4H3,(H,30,33). The van der Waals surface area contributed by atoms with Crippen LogP contribution in [0.5, 0.6) is 0 Å². The van der Waals surface area contributed by atoms with E-state index in [1.54, 1.807) is 0 Å². The molecule has 1 aromatic heterocycles. The molecule has 0 radical (unpaired) electrons. The van der Waals surface area contributed by atoms with Gasteiger partial charge in [0.2, 0.25) is 0 Å². The number of unbranched alkanes of at least 4 members (excludes halogenated alkanes) is 1. The molecule has 1 heterocycles. The Morgan fingerprint density at radius 1 is 1.00 bits per heavy atom. The fourth-order valence-electron chi connectivity index (χ4n) is 3.56. The minimum atomic E-state index is -0.446. The molecule has 7 nitrogen and oxygen atoms in total. The van der Waals surface area contributed by atoms with Crippen LogP contribution in [0.4, 0.5) is 4.79 Å². The first-order chi connectivity index (χ1) is 16.7. The normalized spacial score (nSPS) is 12.1. The molecule has 1 atom stereocenters. The Morgan fingerprint density at radius 2 is 1.71 bits per heavy atom. The molecule has 7 heteroatoms. The van der Waals surface area contributed by atoms with Crippen LogP contribution in [0.2, 0.25) is 0 Å². The summed E-state index contributed by atoms with van der Waals surface area (Å²) < 4.78 is 12.5. The molecule has 1 amide bonds. The molecule has 2 aromatic carbocycles. The molecule has 0 aliphatic carbocycles. The van der Waals surface area contributed by atoms with E-state index in [9.17, 15) is 9.59 Å². The van der Waals surface area contributed by atoms with Crippen LogP contribution in [0.25, 0.3) is 11.1 Å². The highest BCUT2D eigenvalue weighted by Crippen LogP contribution is 2.22. The SMILES string of the molecule is CC(NC(=O)OCc1ccccc1)c1ccc(-c2cnn(CCCCC(=O)OC(C)(C)C)c2)cc1. The van der Waals surface area contributed by atoms with Gasteiger partial charge in [0.1, 0.15) is 12.2 Å². The molecule has 0 fully saturated rings. The Hall–Kier alpha value is -3.61. The van der Waals surface area contributed by atoms with Crippen LogP contribution in [0, 0.1) is 0 Å². The summed E-state index contributed by atoms with van der Waals surface area (Å²) >= 11 is 0. The second-order valence-corrected chi connectivity index (χ2v) is 9.59. The topological polar surface area (TPSA) is 82.5 Å². The molecule has 1 unspecified atom stereocenters. The molecule has 0 aliphatic rings. The molecular weight excluding hydrogens is 442 g/mol. The van der Waals surface area contributed by atoms with E-state index in [0.29, 0.717) is 6.42 Å². The van der Waals surface area contributed by atoms with Crippen molar-refractivity contribution < 1.29 is 19.1 Å². The average molecular weight is 478 g/mol. The van der Waals surface area contributed by atoms with Gasteiger partial charge in [-0.25, -0.2) is 4.79 Å². The lowest BCUT2D eigenvalue weighted by molar-refractivity contribution is -0.154. The number of benzene rings is 2. The Labute approximate surface area is 207 Å². The molecule has 3 rings (SSSR count). The van der Waals surface area contributed by atoms with Crippen LogP contribution in [0.3, 0.4) is 0 Å². The summed E-state index contributed by atoms with van der Waals surface area (Å²) in [6.45, 7) is 8.54. The zero-order chi connectivity index (χ0) is 25.3. The second-order valence-electron chi connectivity index (χ2n) is 9.59. The number of nitrogens with one attached hydrogen (secondary N) is 1. The van der Waals surface area contributed by atoms with Gasteiger partial charge in [-0.2, -0.15) is 5.10 Å². The maximum atomic E-state index is 12.1. The van der Waals surface area contributed by atoms with Crippen LogP contribution in [0.15, 0.2) is 67.0 Å². The minimum absolute atomic E-state index is 0.160. The minimum Gasteiger partial charge on any atom is -0.460 e. The number of nitrogens with zero attached hydrogens (tertiary/aromatic N) is 2. The number of hydrogen-bond acceptors (Lipinski definition) is 5. The number of carbonyl (C=O) groups is 2. The van der Waals surface area contributed by atoms with Crippen LogP contribution < -0.4 is 5.32 Å². The van der Waals surface area contributed by atoms with Gasteiger partial charge in [0.15, 0.2) is 0 Å².